The van der Waals surface area contributed by atoms with Gasteiger partial charge in [0.2, 0.25) is 0 Å². The van der Waals surface area contributed by atoms with E-state index in [9.17, 15) is 8.78 Å². The van der Waals surface area contributed by atoms with Gasteiger partial charge in [-0.25, -0.2) is 18.7 Å². The quantitative estimate of drug-likeness (QED) is 0.761. The third kappa shape index (κ3) is 2.46. The summed E-state index contributed by atoms with van der Waals surface area (Å²) < 4.78 is 26.5. The van der Waals surface area contributed by atoms with Crippen LogP contribution >= 0.6 is 15.9 Å². The fourth-order valence-corrected chi connectivity index (χ4v) is 2.13. The predicted molar refractivity (Wildman–Crippen MR) is 74.1 cm³/mol. The third-order valence-corrected chi connectivity index (χ3v) is 3.12. The molecule has 0 saturated heterocycles. The van der Waals surface area contributed by atoms with E-state index < -0.39 is 12.2 Å². The van der Waals surface area contributed by atoms with Crippen molar-refractivity contribution in [3.63, 3.8) is 0 Å². The van der Waals surface area contributed by atoms with E-state index in [1.54, 1.807) is 24.4 Å². The lowest BCUT2D eigenvalue weighted by Gasteiger charge is -2.09. The molecule has 0 atom stereocenters. The molecule has 102 valence electrons. The molecule has 5 nitrogen and oxygen atoms in total. The van der Waals surface area contributed by atoms with Crippen LogP contribution in [-0.4, -0.2) is 20.2 Å². The molecule has 0 radical (unpaired) electrons. The summed E-state index contributed by atoms with van der Waals surface area (Å²) >= 11 is 3.34. The Kier molecular flexibility index (Phi) is 3.31. The average molecular weight is 340 g/mol. The monoisotopic (exact) mass is 339 g/mol. The molecule has 0 aliphatic heterocycles. The first-order chi connectivity index (χ1) is 9.63. The van der Waals surface area contributed by atoms with Crippen LogP contribution in [0.3, 0.4) is 0 Å². The summed E-state index contributed by atoms with van der Waals surface area (Å²) in [5.74, 6) is -0.196. The van der Waals surface area contributed by atoms with E-state index in [1.807, 2.05) is 0 Å². The summed E-state index contributed by atoms with van der Waals surface area (Å²) in [5.41, 5.74) is 1.08. The number of alkyl halides is 2. The minimum absolute atomic E-state index is 0.313. The summed E-state index contributed by atoms with van der Waals surface area (Å²) in [4.78, 5) is 7.74. The molecule has 0 saturated carbocycles. The largest absolute Gasteiger partial charge is 0.337 e. The normalized spacial score (nSPS) is 11.2. The second kappa shape index (κ2) is 5.12. The Labute approximate surface area is 120 Å². The number of nitrogens with one attached hydrogen (secondary N) is 2. The summed E-state index contributed by atoms with van der Waals surface area (Å²) in [6, 6.07) is 5.17. The first-order valence-corrected chi connectivity index (χ1v) is 6.44. The van der Waals surface area contributed by atoms with Gasteiger partial charge in [-0.3, -0.25) is 5.10 Å². The standard InChI is InChI=1S/C12H8BrF2N5/c13-6-1-2-9-8(3-6)11(18-7-4-16-17-5-7)20-12(19-9)10(14)15/h1-5,10H,(H,16,17)(H,18,19,20). The van der Waals surface area contributed by atoms with Crippen LogP contribution in [0.25, 0.3) is 10.9 Å². The number of H-pyrrole nitrogens is 1. The molecule has 0 fully saturated rings. The molecule has 0 spiro atoms. The lowest BCUT2D eigenvalue weighted by Crippen LogP contribution is -2.02. The number of halogens is 3. The Hall–Kier alpha value is -2.09. The molecule has 2 heterocycles. The lowest BCUT2D eigenvalue weighted by atomic mass is 10.2. The molecule has 1 aromatic carbocycles. The maximum Gasteiger partial charge on any atom is 0.297 e. The Bertz CT molecular complexity index is 745. The van der Waals surface area contributed by atoms with Crippen molar-refractivity contribution in [1.82, 2.24) is 20.2 Å². The van der Waals surface area contributed by atoms with Crippen molar-refractivity contribution in [2.24, 2.45) is 0 Å². The molecule has 2 N–H and O–H groups in total. The maximum absolute atomic E-state index is 12.9. The minimum Gasteiger partial charge on any atom is -0.337 e. The number of aromatic amines is 1. The van der Waals surface area contributed by atoms with Crippen LogP contribution in [0.15, 0.2) is 35.1 Å². The SMILES string of the molecule is FC(F)c1nc(Nc2cn[nH]c2)c2cc(Br)ccc2n1. The second-order valence-electron chi connectivity index (χ2n) is 4.00. The maximum atomic E-state index is 12.9. The number of benzene rings is 1. The van der Waals surface area contributed by atoms with Gasteiger partial charge in [0.25, 0.3) is 6.43 Å². The number of hydrogen-bond donors (Lipinski definition) is 2. The Morgan fingerprint density at radius 1 is 1.25 bits per heavy atom. The highest BCUT2D eigenvalue weighted by atomic mass is 79.9. The van der Waals surface area contributed by atoms with Crippen molar-refractivity contribution >= 4 is 38.3 Å². The highest BCUT2D eigenvalue weighted by Gasteiger charge is 2.15. The van der Waals surface area contributed by atoms with Crippen LogP contribution in [0.2, 0.25) is 0 Å². The second-order valence-corrected chi connectivity index (χ2v) is 4.92. The van der Waals surface area contributed by atoms with Gasteiger partial charge in [-0.1, -0.05) is 15.9 Å². The zero-order valence-electron chi connectivity index (χ0n) is 9.94. The van der Waals surface area contributed by atoms with Gasteiger partial charge in [-0.05, 0) is 18.2 Å². The van der Waals surface area contributed by atoms with E-state index in [4.69, 9.17) is 0 Å². The zero-order chi connectivity index (χ0) is 14.1. The summed E-state index contributed by atoms with van der Waals surface area (Å²) in [6.45, 7) is 0. The van der Waals surface area contributed by atoms with Crippen LogP contribution < -0.4 is 5.32 Å². The van der Waals surface area contributed by atoms with E-state index in [0.29, 0.717) is 22.4 Å². The van der Waals surface area contributed by atoms with Crippen molar-refractivity contribution in [3.8, 4) is 0 Å². The molecular formula is C12H8BrF2N5. The molecule has 8 heteroatoms. The molecule has 0 amide bonds. The van der Waals surface area contributed by atoms with Gasteiger partial charge in [0, 0.05) is 16.1 Å². The number of aromatic nitrogens is 4. The van der Waals surface area contributed by atoms with Gasteiger partial charge >= 0.3 is 0 Å². The molecule has 0 unspecified atom stereocenters. The van der Waals surface area contributed by atoms with E-state index in [0.717, 1.165) is 4.47 Å². The first-order valence-electron chi connectivity index (χ1n) is 5.64. The van der Waals surface area contributed by atoms with Crippen molar-refractivity contribution in [1.29, 1.82) is 0 Å². The van der Waals surface area contributed by atoms with Gasteiger partial charge in [-0.2, -0.15) is 5.10 Å². The smallest absolute Gasteiger partial charge is 0.297 e. The number of nitrogens with zero attached hydrogens (tertiary/aromatic N) is 3. The van der Waals surface area contributed by atoms with Gasteiger partial charge in [0.15, 0.2) is 5.82 Å². The fraction of sp³-hybridized carbons (Fsp3) is 0.0833. The van der Waals surface area contributed by atoms with Crippen molar-refractivity contribution < 1.29 is 8.78 Å². The molecule has 20 heavy (non-hydrogen) atoms. The molecule has 0 aliphatic rings. The molecule has 0 bridgehead atoms. The van der Waals surface area contributed by atoms with Crippen LogP contribution in [0.5, 0.6) is 0 Å². The van der Waals surface area contributed by atoms with E-state index in [2.05, 4.69) is 41.4 Å². The molecular weight excluding hydrogens is 332 g/mol. The molecule has 0 aliphatic carbocycles. The van der Waals surface area contributed by atoms with Gasteiger partial charge in [0.05, 0.1) is 17.4 Å². The summed E-state index contributed by atoms with van der Waals surface area (Å²) in [7, 11) is 0. The Morgan fingerprint density at radius 3 is 2.80 bits per heavy atom. The minimum atomic E-state index is -2.73. The van der Waals surface area contributed by atoms with E-state index in [-0.39, 0.29) is 0 Å². The predicted octanol–water partition coefficient (Wildman–Crippen LogP) is 3.80. The lowest BCUT2D eigenvalue weighted by molar-refractivity contribution is 0.141. The molecule has 3 rings (SSSR count). The van der Waals surface area contributed by atoms with Crippen LogP contribution in [0, 0.1) is 0 Å². The fourth-order valence-electron chi connectivity index (χ4n) is 1.77. The third-order valence-electron chi connectivity index (χ3n) is 2.63. The van der Waals surface area contributed by atoms with Crippen LogP contribution in [0.1, 0.15) is 12.2 Å². The number of fused-ring (bicyclic) bond motifs is 1. The average Bonchev–Trinajstić information content (AvgIpc) is 2.92. The van der Waals surface area contributed by atoms with Gasteiger partial charge in [-0.15, -0.1) is 0 Å². The van der Waals surface area contributed by atoms with Crippen molar-refractivity contribution in [3.05, 3.63) is 40.9 Å². The van der Waals surface area contributed by atoms with Crippen molar-refractivity contribution in [2.45, 2.75) is 6.43 Å². The van der Waals surface area contributed by atoms with Crippen LogP contribution in [-0.2, 0) is 0 Å². The molecule has 2 aromatic heterocycles. The van der Waals surface area contributed by atoms with E-state index in [1.165, 1.54) is 6.20 Å². The van der Waals surface area contributed by atoms with Crippen molar-refractivity contribution in [2.75, 3.05) is 5.32 Å². The highest BCUT2D eigenvalue weighted by Crippen LogP contribution is 2.28. The number of hydrogen-bond acceptors (Lipinski definition) is 4. The van der Waals surface area contributed by atoms with Gasteiger partial charge in [0.1, 0.15) is 5.82 Å². The first kappa shape index (κ1) is 12.9. The highest BCUT2D eigenvalue weighted by molar-refractivity contribution is 9.10. The number of anilines is 2. The Balaban J connectivity index is 2.17. The number of rotatable bonds is 3. The Morgan fingerprint density at radius 2 is 2.10 bits per heavy atom. The molecule has 3 aromatic rings. The summed E-state index contributed by atoms with van der Waals surface area (Å²) in [6.07, 6.45) is 0.412. The zero-order valence-corrected chi connectivity index (χ0v) is 11.5. The van der Waals surface area contributed by atoms with E-state index >= 15 is 0 Å². The van der Waals surface area contributed by atoms with Crippen LogP contribution in [0.4, 0.5) is 20.3 Å². The topological polar surface area (TPSA) is 66.5 Å². The summed E-state index contributed by atoms with van der Waals surface area (Å²) in [5, 5.41) is 10.0. The van der Waals surface area contributed by atoms with Gasteiger partial charge < -0.3 is 5.32 Å².